The first-order valence-electron chi connectivity index (χ1n) is 16.9. The zero-order valence-corrected chi connectivity index (χ0v) is 26.9. The topological polar surface area (TPSA) is 73.7 Å². The van der Waals surface area contributed by atoms with E-state index in [4.69, 9.17) is 0 Å². The van der Waals surface area contributed by atoms with Crippen molar-refractivity contribution in [3.63, 3.8) is 0 Å². The second kappa shape index (κ2) is 11.9. The lowest BCUT2D eigenvalue weighted by Crippen LogP contribution is -2.65. The largest absolute Gasteiger partial charge is 0.456 e. The van der Waals surface area contributed by atoms with Gasteiger partial charge in [0.05, 0.1) is 0 Å². The van der Waals surface area contributed by atoms with Crippen LogP contribution in [0.5, 0.6) is 0 Å². The fourth-order valence-electron chi connectivity index (χ4n) is 9.61. The predicted molar refractivity (Wildman–Crippen MR) is 168 cm³/mol. The molecule has 3 fully saturated rings. The molecule has 0 spiro atoms. The molecular weight excluding hydrogens is 629 g/mol. The van der Waals surface area contributed by atoms with Crippen LogP contribution in [0.2, 0.25) is 0 Å². The number of rotatable bonds is 5. The average Bonchev–Trinajstić information content (AvgIpc) is 3.35. The lowest BCUT2D eigenvalue weighted by atomic mass is 9.50. The second-order valence-electron chi connectivity index (χ2n) is 14.5. The highest BCUT2D eigenvalue weighted by molar-refractivity contribution is 5.94. The first-order valence-corrected chi connectivity index (χ1v) is 16.9. The number of fused-ring (bicyclic) bond motifs is 4. The number of nitrogens with zero attached hydrogens (tertiary/aromatic N) is 3. The minimum Gasteiger partial charge on any atom is -0.383 e. The van der Waals surface area contributed by atoms with Gasteiger partial charge >= 0.3 is 12.1 Å². The Morgan fingerprint density at radius 1 is 1.00 bits per heavy atom. The van der Waals surface area contributed by atoms with Gasteiger partial charge in [-0.05, 0) is 96.9 Å². The number of hydrogen-bond donors (Lipinski definition) is 1. The number of amides is 1. The van der Waals surface area contributed by atoms with Crippen LogP contribution >= 0.6 is 0 Å². The van der Waals surface area contributed by atoms with Gasteiger partial charge in [0.1, 0.15) is 5.60 Å². The molecule has 5 aliphatic rings. The Hall–Kier alpha value is -3.44. The standard InChI is InChI=1S/C37H40F5N3O3/c1-34-20-30(24-4-6-25(7-5-24)33(47)45-17-15-44(16-18-45)22-23-3-2-14-43-21-23)32-28-11-9-27(46)19-26(28)8-10-29(32)31(34)12-13-35(34,48)36(38,39)37(40,41)42/h2-7,14,19,21,29-31,48H,8-13,15-18,20,22H2,1H3/t29-,30+,31-,34-,35-/m0/s1. The van der Waals surface area contributed by atoms with Gasteiger partial charge in [0.15, 0.2) is 5.78 Å². The number of halogens is 5. The normalized spacial score (nSPS) is 31.2. The zero-order chi connectivity index (χ0) is 34.1. The summed E-state index contributed by atoms with van der Waals surface area (Å²) in [5.74, 6) is -6.78. The van der Waals surface area contributed by atoms with E-state index in [0.29, 0.717) is 63.0 Å². The van der Waals surface area contributed by atoms with Gasteiger partial charge in [-0.25, -0.2) is 0 Å². The van der Waals surface area contributed by atoms with Crippen molar-refractivity contribution < 1.29 is 36.6 Å². The lowest BCUT2D eigenvalue weighted by molar-refractivity contribution is -0.362. The van der Waals surface area contributed by atoms with Crippen molar-refractivity contribution in [2.45, 2.75) is 82.0 Å². The Morgan fingerprint density at radius 2 is 1.73 bits per heavy atom. The van der Waals surface area contributed by atoms with Crippen molar-refractivity contribution in [1.29, 1.82) is 0 Å². The number of aliphatic hydroxyl groups is 1. The van der Waals surface area contributed by atoms with Crippen LogP contribution in [0.25, 0.3) is 0 Å². The Morgan fingerprint density at radius 3 is 2.40 bits per heavy atom. The van der Waals surface area contributed by atoms with E-state index in [0.717, 1.165) is 28.8 Å². The number of piperazine rings is 1. The highest BCUT2D eigenvalue weighted by Crippen LogP contribution is 2.70. The minimum atomic E-state index is -5.90. The molecule has 0 unspecified atom stereocenters. The SMILES string of the molecule is C[C@]12C[C@H](c3ccc(C(=O)N4CCN(Cc5cccnc5)CC4)cc3)C3=C4CCC(=O)C=C4CC[C@H]3[C@@H]1CC[C@@]2(O)C(F)(F)C(F)(F)F. The quantitative estimate of drug-likeness (QED) is 0.352. The summed E-state index contributed by atoms with van der Waals surface area (Å²) in [5.41, 5.74) is 0.254. The molecule has 0 bridgehead atoms. The van der Waals surface area contributed by atoms with Gasteiger partial charge in [-0.3, -0.25) is 19.5 Å². The minimum absolute atomic E-state index is 0.0332. The first-order chi connectivity index (χ1) is 22.7. The van der Waals surface area contributed by atoms with Gasteiger partial charge < -0.3 is 10.0 Å². The molecule has 48 heavy (non-hydrogen) atoms. The molecule has 6 nitrogen and oxygen atoms in total. The molecule has 1 aliphatic heterocycles. The molecule has 2 heterocycles. The maximum atomic E-state index is 15.3. The van der Waals surface area contributed by atoms with Crippen LogP contribution in [-0.4, -0.2) is 75.5 Å². The second-order valence-corrected chi connectivity index (χ2v) is 14.5. The summed E-state index contributed by atoms with van der Waals surface area (Å²) in [7, 11) is 0. The smallest absolute Gasteiger partial charge is 0.383 e. The van der Waals surface area contributed by atoms with Gasteiger partial charge in [0.2, 0.25) is 0 Å². The van der Waals surface area contributed by atoms with Crippen molar-refractivity contribution in [1.82, 2.24) is 14.8 Å². The molecule has 1 aromatic carbocycles. The number of pyridine rings is 1. The fraction of sp³-hybridized carbons (Fsp3) is 0.541. The third kappa shape index (κ3) is 5.23. The van der Waals surface area contributed by atoms with Gasteiger partial charge in [-0.2, -0.15) is 22.0 Å². The molecule has 1 amide bonds. The highest BCUT2D eigenvalue weighted by Gasteiger charge is 2.79. The van der Waals surface area contributed by atoms with Gasteiger partial charge in [-0.1, -0.05) is 30.7 Å². The Labute approximate surface area is 276 Å². The molecule has 2 aromatic rings. The number of carbonyl (C=O) groups excluding carboxylic acids is 2. The number of aromatic nitrogens is 1. The number of carbonyl (C=O) groups is 2. The van der Waals surface area contributed by atoms with E-state index in [1.54, 1.807) is 41.4 Å². The third-order valence-electron chi connectivity index (χ3n) is 12.1. The maximum absolute atomic E-state index is 15.3. The number of allylic oxidation sites excluding steroid dienone is 4. The van der Waals surface area contributed by atoms with Gasteiger partial charge in [0, 0.05) is 68.4 Å². The lowest BCUT2D eigenvalue weighted by Gasteiger charge is -2.56. The van der Waals surface area contributed by atoms with E-state index in [9.17, 15) is 27.9 Å². The number of benzene rings is 1. The van der Waals surface area contributed by atoms with Gasteiger partial charge in [-0.15, -0.1) is 0 Å². The highest BCUT2D eigenvalue weighted by atomic mass is 19.4. The van der Waals surface area contributed by atoms with E-state index in [-0.39, 0.29) is 30.4 Å². The van der Waals surface area contributed by atoms with Crippen molar-refractivity contribution in [3.8, 4) is 0 Å². The summed E-state index contributed by atoms with van der Waals surface area (Å²) in [5, 5.41) is 11.5. The molecule has 2 saturated carbocycles. The first kappa shape index (κ1) is 33.1. The molecule has 1 saturated heterocycles. The third-order valence-corrected chi connectivity index (χ3v) is 12.1. The van der Waals surface area contributed by atoms with Crippen LogP contribution in [0, 0.1) is 17.3 Å². The van der Waals surface area contributed by atoms with Crippen LogP contribution in [0.4, 0.5) is 22.0 Å². The molecule has 1 aromatic heterocycles. The van der Waals surface area contributed by atoms with E-state index in [1.807, 2.05) is 18.3 Å². The summed E-state index contributed by atoms with van der Waals surface area (Å²) in [4.78, 5) is 34.1. The Bertz CT molecular complexity index is 1650. The molecule has 7 rings (SSSR count). The monoisotopic (exact) mass is 669 g/mol. The summed E-state index contributed by atoms with van der Waals surface area (Å²) in [6.07, 6.45) is 0.545. The zero-order valence-electron chi connectivity index (χ0n) is 26.9. The van der Waals surface area contributed by atoms with Crippen molar-refractivity contribution in [2.24, 2.45) is 17.3 Å². The molecule has 0 radical (unpaired) electrons. The summed E-state index contributed by atoms with van der Waals surface area (Å²) in [6, 6.07) is 10.9. The van der Waals surface area contributed by atoms with E-state index in [1.165, 1.54) is 6.92 Å². The van der Waals surface area contributed by atoms with Crippen LogP contribution in [0.15, 0.2) is 71.6 Å². The molecule has 256 valence electrons. The van der Waals surface area contributed by atoms with Crippen LogP contribution in [0.3, 0.4) is 0 Å². The summed E-state index contributed by atoms with van der Waals surface area (Å²) in [6.45, 7) is 4.70. The van der Waals surface area contributed by atoms with Gasteiger partial charge in [0.25, 0.3) is 5.91 Å². The van der Waals surface area contributed by atoms with E-state index >= 15 is 8.78 Å². The van der Waals surface area contributed by atoms with Crippen LogP contribution in [-0.2, 0) is 11.3 Å². The molecule has 4 aliphatic carbocycles. The van der Waals surface area contributed by atoms with Crippen molar-refractivity contribution in [2.75, 3.05) is 26.2 Å². The maximum Gasteiger partial charge on any atom is 0.456 e. The molecular formula is C37H40F5N3O3. The number of alkyl halides is 5. The van der Waals surface area contributed by atoms with Crippen molar-refractivity contribution in [3.05, 3.63) is 88.3 Å². The molecule has 1 N–H and O–H groups in total. The number of ketones is 1. The van der Waals surface area contributed by atoms with E-state index < -0.39 is 41.4 Å². The summed E-state index contributed by atoms with van der Waals surface area (Å²) >= 11 is 0. The number of hydrogen-bond acceptors (Lipinski definition) is 5. The van der Waals surface area contributed by atoms with Crippen LogP contribution in [0.1, 0.15) is 79.3 Å². The van der Waals surface area contributed by atoms with E-state index in [2.05, 4.69) is 9.88 Å². The van der Waals surface area contributed by atoms with Crippen molar-refractivity contribution >= 4 is 11.7 Å². The Kier molecular flexibility index (Phi) is 8.17. The average molecular weight is 670 g/mol. The summed E-state index contributed by atoms with van der Waals surface area (Å²) < 4.78 is 72.1. The Balaban J connectivity index is 1.18. The fourth-order valence-corrected chi connectivity index (χ4v) is 9.61. The predicted octanol–water partition coefficient (Wildman–Crippen LogP) is 6.87. The molecule has 5 atom stereocenters. The van der Waals surface area contributed by atoms with Crippen LogP contribution < -0.4 is 0 Å². The molecule has 11 heteroatoms.